The van der Waals surface area contributed by atoms with Gasteiger partial charge in [0, 0.05) is 12.0 Å². The smallest absolute Gasteiger partial charge is 0.333 e. The fraction of sp³-hybridized carbons (Fsp3) is 0.700. The molecular weight excluding hydrogens is 200 g/mol. The Hall–Kier alpha value is -0.910. The molecule has 5 nitrogen and oxygen atoms in total. The van der Waals surface area contributed by atoms with Crippen LogP contribution in [0.25, 0.3) is 0 Å². The largest absolute Gasteiger partial charge is 0.466 e. The third kappa shape index (κ3) is 2.04. The van der Waals surface area contributed by atoms with Crippen LogP contribution in [0.1, 0.15) is 6.42 Å². The van der Waals surface area contributed by atoms with E-state index in [4.69, 9.17) is 9.47 Å². The zero-order valence-corrected chi connectivity index (χ0v) is 8.51. The van der Waals surface area contributed by atoms with Gasteiger partial charge in [-0.2, -0.15) is 0 Å². The highest BCUT2D eigenvalue weighted by atomic mass is 16.6. The van der Waals surface area contributed by atoms with E-state index < -0.39 is 12.1 Å². The van der Waals surface area contributed by atoms with Gasteiger partial charge >= 0.3 is 5.97 Å². The molecular formula is C10H14O5. The Labute approximate surface area is 87.6 Å². The van der Waals surface area contributed by atoms with E-state index >= 15 is 0 Å². The highest BCUT2D eigenvalue weighted by Crippen LogP contribution is 2.26. The molecule has 84 valence electrons. The predicted octanol–water partition coefficient (Wildman–Crippen LogP) is -0.366. The summed E-state index contributed by atoms with van der Waals surface area (Å²) in [6, 6.07) is 0. The molecule has 1 fully saturated rings. The number of ether oxygens (including phenoxy) is 3. The SMILES string of the molecule is COC(=O)C1=CC2OCCOC2C(O)C1. The number of rotatable bonds is 1. The fourth-order valence-electron chi connectivity index (χ4n) is 1.92. The van der Waals surface area contributed by atoms with Crippen molar-refractivity contribution in [2.45, 2.75) is 24.7 Å². The van der Waals surface area contributed by atoms with Crippen LogP contribution < -0.4 is 0 Å². The van der Waals surface area contributed by atoms with Crippen LogP contribution in [0.3, 0.4) is 0 Å². The molecule has 15 heavy (non-hydrogen) atoms. The van der Waals surface area contributed by atoms with Gasteiger partial charge in [0.15, 0.2) is 0 Å². The summed E-state index contributed by atoms with van der Waals surface area (Å²) in [7, 11) is 1.32. The van der Waals surface area contributed by atoms with Crippen molar-refractivity contribution in [2.75, 3.05) is 20.3 Å². The predicted molar refractivity (Wildman–Crippen MR) is 50.2 cm³/mol. The second kappa shape index (κ2) is 4.30. The number of carbonyl (C=O) groups is 1. The molecule has 0 radical (unpaired) electrons. The van der Waals surface area contributed by atoms with Crippen LogP contribution in [0.4, 0.5) is 0 Å². The van der Waals surface area contributed by atoms with Gasteiger partial charge in [-0.15, -0.1) is 0 Å². The van der Waals surface area contributed by atoms with Crippen molar-refractivity contribution >= 4 is 5.97 Å². The van der Waals surface area contributed by atoms with E-state index in [9.17, 15) is 9.90 Å². The molecule has 0 spiro atoms. The summed E-state index contributed by atoms with van der Waals surface area (Å²) in [4.78, 5) is 11.3. The molecule has 1 aliphatic carbocycles. The van der Waals surface area contributed by atoms with Gasteiger partial charge in [0.1, 0.15) is 12.2 Å². The molecule has 3 atom stereocenters. The summed E-state index contributed by atoms with van der Waals surface area (Å²) in [5.41, 5.74) is 0.455. The van der Waals surface area contributed by atoms with Gasteiger partial charge in [0.25, 0.3) is 0 Å². The van der Waals surface area contributed by atoms with E-state index in [2.05, 4.69) is 4.74 Å². The number of aliphatic hydroxyl groups excluding tert-OH is 1. The average molecular weight is 214 g/mol. The molecule has 1 N–H and O–H groups in total. The first-order valence-electron chi connectivity index (χ1n) is 4.92. The maximum Gasteiger partial charge on any atom is 0.333 e. The number of aliphatic hydroxyl groups is 1. The van der Waals surface area contributed by atoms with Crippen molar-refractivity contribution in [3.8, 4) is 0 Å². The molecule has 0 amide bonds. The van der Waals surface area contributed by atoms with Crippen LogP contribution in [-0.4, -0.2) is 49.7 Å². The van der Waals surface area contributed by atoms with Crippen LogP contribution >= 0.6 is 0 Å². The van der Waals surface area contributed by atoms with Gasteiger partial charge in [-0.05, 0) is 6.08 Å². The summed E-state index contributed by atoms with van der Waals surface area (Å²) in [5.74, 6) is -0.415. The lowest BCUT2D eigenvalue weighted by molar-refractivity contribution is -0.165. The zero-order chi connectivity index (χ0) is 10.8. The summed E-state index contributed by atoms with van der Waals surface area (Å²) in [5, 5.41) is 9.77. The molecule has 0 saturated carbocycles. The van der Waals surface area contributed by atoms with E-state index in [1.54, 1.807) is 6.08 Å². The van der Waals surface area contributed by atoms with Crippen molar-refractivity contribution in [3.05, 3.63) is 11.6 Å². The second-order valence-corrected chi connectivity index (χ2v) is 3.63. The summed E-state index contributed by atoms with van der Waals surface area (Å²) in [6.07, 6.45) is 0.553. The number of hydrogen-bond acceptors (Lipinski definition) is 5. The van der Waals surface area contributed by atoms with Gasteiger partial charge in [-0.25, -0.2) is 4.79 Å². The quantitative estimate of drug-likeness (QED) is 0.603. The van der Waals surface area contributed by atoms with Crippen LogP contribution in [0, 0.1) is 0 Å². The molecule has 2 aliphatic rings. The molecule has 1 saturated heterocycles. The number of methoxy groups -OCH3 is 1. The minimum atomic E-state index is -0.700. The van der Waals surface area contributed by atoms with E-state index in [0.29, 0.717) is 18.8 Å². The minimum absolute atomic E-state index is 0.261. The number of carbonyl (C=O) groups excluding carboxylic acids is 1. The first-order valence-corrected chi connectivity index (χ1v) is 4.92. The minimum Gasteiger partial charge on any atom is -0.466 e. The standard InChI is InChI=1S/C10H14O5/c1-13-10(12)6-4-7(11)9-8(5-6)14-2-3-15-9/h5,7-9,11H,2-4H2,1H3. The first-order chi connectivity index (χ1) is 7.22. The second-order valence-electron chi connectivity index (χ2n) is 3.63. The molecule has 0 aromatic carbocycles. The highest BCUT2D eigenvalue weighted by molar-refractivity contribution is 5.88. The van der Waals surface area contributed by atoms with Crippen molar-refractivity contribution in [2.24, 2.45) is 0 Å². The van der Waals surface area contributed by atoms with Crippen LogP contribution in [0.2, 0.25) is 0 Å². The molecule has 0 bridgehead atoms. The zero-order valence-electron chi connectivity index (χ0n) is 8.51. The van der Waals surface area contributed by atoms with E-state index in [0.717, 1.165) is 0 Å². The van der Waals surface area contributed by atoms with Gasteiger partial charge < -0.3 is 19.3 Å². The van der Waals surface area contributed by atoms with E-state index in [1.165, 1.54) is 7.11 Å². The van der Waals surface area contributed by atoms with Crippen molar-refractivity contribution in [1.82, 2.24) is 0 Å². The average Bonchev–Trinajstić information content (AvgIpc) is 2.28. The Morgan fingerprint density at radius 3 is 3.00 bits per heavy atom. The van der Waals surface area contributed by atoms with E-state index in [1.807, 2.05) is 0 Å². The lowest BCUT2D eigenvalue weighted by Gasteiger charge is -2.36. The van der Waals surface area contributed by atoms with Crippen LogP contribution in [0.5, 0.6) is 0 Å². The Morgan fingerprint density at radius 2 is 2.27 bits per heavy atom. The third-order valence-electron chi connectivity index (χ3n) is 2.65. The Morgan fingerprint density at radius 1 is 1.53 bits per heavy atom. The van der Waals surface area contributed by atoms with Gasteiger partial charge in [0.05, 0.1) is 26.4 Å². The Balaban J connectivity index is 2.15. The van der Waals surface area contributed by atoms with Crippen molar-refractivity contribution < 1.29 is 24.1 Å². The highest BCUT2D eigenvalue weighted by Gasteiger charge is 2.37. The van der Waals surface area contributed by atoms with Gasteiger partial charge in [-0.3, -0.25) is 0 Å². The van der Waals surface area contributed by atoms with Crippen molar-refractivity contribution in [3.63, 3.8) is 0 Å². The third-order valence-corrected chi connectivity index (χ3v) is 2.65. The summed E-state index contributed by atoms with van der Waals surface area (Å²) in [6.45, 7) is 0.971. The number of esters is 1. The lowest BCUT2D eigenvalue weighted by atomic mass is 9.91. The monoisotopic (exact) mass is 214 g/mol. The molecule has 1 aliphatic heterocycles. The van der Waals surface area contributed by atoms with Gasteiger partial charge in [0.2, 0.25) is 0 Å². The van der Waals surface area contributed by atoms with Crippen molar-refractivity contribution in [1.29, 1.82) is 0 Å². The summed E-state index contributed by atoms with van der Waals surface area (Å²) >= 11 is 0. The molecule has 3 unspecified atom stereocenters. The molecule has 2 rings (SSSR count). The van der Waals surface area contributed by atoms with Crippen LogP contribution in [0.15, 0.2) is 11.6 Å². The first kappa shape index (κ1) is 10.6. The normalized spacial score (nSPS) is 35.3. The lowest BCUT2D eigenvalue weighted by Crippen LogP contribution is -2.48. The van der Waals surface area contributed by atoms with Crippen LogP contribution in [-0.2, 0) is 19.0 Å². The number of fused-ring (bicyclic) bond motifs is 1. The molecule has 5 heteroatoms. The molecule has 0 aromatic heterocycles. The summed E-state index contributed by atoms with van der Waals surface area (Å²) < 4.78 is 15.4. The maximum absolute atomic E-state index is 11.3. The maximum atomic E-state index is 11.3. The Kier molecular flexibility index (Phi) is 3.04. The topological polar surface area (TPSA) is 65.0 Å². The van der Waals surface area contributed by atoms with Gasteiger partial charge in [-0.1, -0.05) is 0 Å². The number of hydrogen-bond donors (Lipinski definition) is 1. The van der Waals surface area contributed by atoms with E-state index in [-0.39, 0.29) is 18.6 Å². The molecule has 1 heterocycles. The molecule has 0 aromatic rings. The Bertz CT molecular complexity index is 286. The fourth-order valence-corrected chi connectivity index (χ4v) is 1.92.